The van der Waals surface area contributed by atoms with Gasteiger partial charge in [-0.05, 0) is 31.2 Å². The van der Waals surface area contributed by atoms with E-state index in [1.54, 1.807) is 7.11 Å². The summed E-state index contributed by atoms with van der Waals surface area (Å²) in [6, 6.07) is 14.3. The van der Waals surface area contributed by atoms with Gasteiger partial charge in [0.2, 0.25) is 0 Å². The SMILES string of the molecule is COc1cccc2c1Oc1ccccc1N=C2N1CCNC(C)C1. The molecule has 1 atom stereocenters. The van der Waals surface area contributed by atoms with Gasteiger partial charge in [-0.15, -0.1) is 0 Å². The molecule has 0 amide bonds. The minimum absolute atomic E-state index is 0.426. The number of methoxy groups -OCH3 is 1. The Labute approximate surface area is 141 Å². The highest BCUT2D eigenvalue weighted by Gasteiger charge is 2.27. The van der Waals surface area contributed by atoms with Crippen molar-refractivity contribution in [2.75, 3.05) is 26.7 Å². The van der Waals surface area contributed by atoms with Gasteiger partial charge in [0.15, 0.2) is 17.2 Å². The van der Waals surface area contributed by atoms with Crippen LogP contribution in [0.4, 0.5) is 5.69 Å². The quantitative estimate of drug-likeness (QED) is 0.875. The van der Waals surface area contributed by atoms with Gasteiger partial charge in [0.05, 0.1) is 12.7 Å². The summed E-state index contributed by atoms with van der Waals surface area (Å²) in [5.74, 6) is 3.15. The number of fused-ring (bicyclic) bond motifs is 2. The van der Waals surface area contributed by atoms with Gasteiger partial charge in [-0.2, -0.15) is 0 Å². The first-order valence-corrected chi connectivity index (χ1v) is 8.27. The van der Waals surface area contributed by atoms with Crippen LogP contribution in [-0.4, -0.2) is 43.5 Å². The topological polar surface area (TPSA) is 46.1 Å². The van der Waals surface area contributed by atoms with Crippen LogP contribution in [0.15, 0.2) is 47.5 Å². The zero-order valence-corrected chi connectivity index (χ0v) is 14.0. The number of hydrogen-bond acceptors (Lipinski definition) is 5. The molecule has 0 bridgehead atoms. The standard InChI is InChI=1S/C19H21N3O2/c1-13-12-22(11-10-20-13)19-14-6-5-9-17(23-2)18(14)24-16-8-4-3-7-15(16)21-19/h3-9,13,20H,10-12H2,1-2H3. The average Bonchev–Trinajstić information content (AvgIpc) is 2.78. The number of benzene rings is 2. The molecule has 2 aromatic rings. The molecule has 2 aliphatic rings. The third kappa shape index (κ3) is 2.61. The van der Waals surface area contributed by atoms with Crippen molar-refractivity contribution in [1.82, 2.24) is 10.2 Å². The van der Waals surface area contributed by atoms with Crippen molar-refractivity contribution in [3.05, 3.63) is 48.0 Å². The van der Waals surface area contributed by atoms with Crippen molar-refractivity contribution in [3.63, 3.8) is 0 Å². The van der Waals surface area contributed by atoms with E-state index in [4.69, 9.17) is 14.5 Å². The predicted molar refractivity (Wildman–Crippen MR) is 94.7 cm³/mol. The molecule has 0 saturated carbocycles. The van der Waals surface area contributed by atoms with Crippen molar-refractivity contribution in [3.8, 4) is 17.2 Å². The van der Waals surface area contributed by atoms with Crippen molar-refractivity contribution < 1.29 is 9.47 Å². The van der Waals surface area contributed by atoms with E-state index in [2.05, 4.69) is 23.2 Å². The van der Waals surface area contributed by atoms with Gasteiger partial charge in [-0.3, -0.25) is 0 Å². The number of ether oxygens (including phenoxy) is 2. The number of rotatable bonds is 1. The van der Waals surface area contributed by atoms with E-state index in [9.17, 15) is 0 Å². The Hall–Kier alpha value is -2.53. The molecule has 0 radical (unpaired) electrons. The molecular formula is C19H21N3O2. The first-order valence-electron chi connectivity index (χ1n) is 8.27. The maximum absolute atomic E-state index is 6.19. The lowest BCUT2D eigenvalue weighted by atomic mass is 10.1. The number of piperazine rings is 1. The lowest BCUT2D eigenvalue weighted by molar-refractivity contribution is 0.303. The molecule has 2 aliphatic heterocycles. The second-order valence-corrected chi connectivity index (χ2v) is 6.14. The van der Waals surface area contributed by atoms with Gasteiger partial charge in [-0.1, -0.05) is 18.2 Å². The Kier molecular flexibility index (Phi) is 3.86. The Morgan fingerprint density at radius 3 is 2.92 bits per heavy atom. The van der Waals surface area contributed by atoms with E-state index < -0.39 is 0 Å². The number of nitrogens with one attached hydrogen (secondary N) is 1. The molecule has 2 heterocycles. The molecule has 1 saturated heterocycles. The van der Waals surface area contributed by atoms with Crippen LogP contribution in [0.5, 0.6) is 17.2 Å². The first kappa shape index (κ1) is 15.0. The van der Waals surface area contributed by atoms with Crippen LogP contribution in [-0.2, 0) is 0 Å². The van der Waals surface area contributed by atoms with Crippen LogP contribution < -0.4 is 14.8 Å². The largest absolute Gasteiger partial charge is 0.493 e. The van der Waals surface area contributed by atoms with E-state index in [1.165, 1.54) is 0 Å². The van der Waals surface area contributed by atoms with Gasteiger partial charge in [0.25, 0.3) is 0 Å². The Morgan fingerprint density at radius 1 is 1.21 bits per heavy atom. The maximum Gasteiger partial charge on any atom is 0.180 e. The monoisotopic (exact) mass is 323 g/mol. The van der Waals surface area contributed by atoms with Crippen LogP contribution in [0.3, 0.4) is 0 Å². The molecule has 1 unspecified atom stereocenters. The lowest BCUT2D eigenvalue weighted by Gasteiger charge is -2.34. The first-order chi connectivity index (χ1) is 11.8. The number of hydrogen-bond donors (Lipinski definition) is 1. The molecule has 124 valence electrons. The van der Waals surface area contributed by atoms with Gasteiger partial charge < -0.3 is 19.7 Å². The molecule has 2 aromatic carbocycles. The average molecular weight is 323 g/mol. The minimum Gasteiger partial charge on any atom is -0.493 e. The van der Waals surface area contributed by atoms with Crippen molar-refractivity contribution in [1.29, 1.82) is 0 Å². The Balaban J connectivity index is 1.88. The molecule has 5 nitrogen and oxygen atoms in total. The van der Waals surface area contributed by atoms with E-state index >= 15 is 0 Å². The second kappa shape index (κ2) is 6.17. The predicted octanol–water partition coefficient (Wildman–Crippen LogP) is 3.17. The highest BCUT2D eigenvalue weighted by Crippen LogP contribution is 2.42. The van der Waals surface area contributed by atoms with E-state index in [-0.39, 0.29) is 0 Å². The zero-order chi connectivity index (χ0) is 16.5. The van der Waals surface area contributed by atoms with Crippen LogP contribution in [0.2, 0.25) is 0 Å². The molecular weight excluding hydrogens is 302 g/mol. The summed E-state index contributed by atoms with van der Waals surface area (Å²) >= 11 is 0. The van der Waals surface area contributed by atoms with Crippen molar-refractivity contribution in [2.45, 2.75) is 13.0 Å². The summed E-state index contributed by atoms with van der Waals surface area (Å²) < 4.78 is 11.7. The van der Waals surface area contributed by atoms with E-state index in [0.29, 0.717) is 6.04 Å². The van der Waals surface area contributed by atoms with Crippen molar-refractivity contribution in [2.24, 2.45) is 4.99 Å². The summed E-state index contributed by atoms with van der Waals surface area (Å²) in [4.78, 5) is 7.27. The highest BCUT2D eigenvalue weighted by atomic mass is 16.5. The summed E-state index contributed by atoms with van der Waals surface area (Å²) in [6.07, 6.45) is 0. The van der Waals surface area contributed by atoms with Crippen LogP contribution >= 0.6 is 0 Å². The zero-order valence-electron chi connectivity index (χ0n) is 14.0. The lowest BCUT2D eigenvalue weighted by Crippen LogP contribution is -2.51. The fourth-order valence-corrected chi connectivity index (χ4v) is 3.24. The third-order valence-electron chi connectivity index (χ3n) is 4.41. The maximum atomic E-state index is 6.19. The molecule has 0 aromatic heterocycles. The second-order valence-electron chi connectivity index (χ2n) is 6.14. The van der Waals surface area contributed by atoms with E-state index in [0.717, 1.165) is 54.0 Å². The van der Waals surface area contributed by atoms with Gasteiger partial charge in [0, 0.05) is 25.7 Å². The molecule has 24 heavy (non-hydrogen) atoms. The normalized spacial score (nSPS) is 19.5. The molecule has 5 heteroatoms. The fourth-order valence-electron chi connectivity index (χ4n) is 3.24. The fraction of sp³-hybridized carbons (Fsp3) is 0.316. The molecule has 0 spiro atoms. The molecule has 1 fully saturated rings. The Bertz CT molecular complexity index is 788. The van der Waals surface area contributed by atoms with Gasteiger partial charge in [-0.25, -0.2) is 4.99 Å². The molecule has 1 N–H and O–H groups in total. The Morgan fingerprint density at radius 2 is 2.08 bits per heavy atom. The third-order valence-corrected chi connectivity index (χ3v) is 4.41. The summed E-state index contributed by atoms with van der Waals surface area (Å²) in [7, 11) is 1.67. The van der Waals surface area contributed by atoms with Crippen LogP contribution in [0.1, 0.15) is 12.5 Å². The van der Waals surface area contributed by atoms with Crippen molar-refractivity contribution >= 4 is 11.5 Å². The number of para-hydroxylation sites is 3. The minimum atomic E-state index is 0.426. The molecule has 0 aliphatic carbocycles. The smallest absolute Gasteiger partial charge is 0.180 e. The number of aliphatic imine (C=N–C) groups is 1. The number of amidine groups is 1. The van der Waals surface area contributed by atoms with Gasteiger partial charge >= 0.3 is 0 Å². The summed E-state index contributed by atoms with van der Waals surface area (Å²) in [5, 5.41) is 3.48. The summed E-state index contributed by atoms with van der Waals surface area (Å²) in [6.45, 7) is 4.97. The van der Waals surface area contributed by atoms with Gasteiger partial charge in [0.1, 0.15) is 11.5 Å². The number of nitrogens with zero attached hydrogens (tertiary/aromatic N) is 2. The van der Waals surface area contributed by atoms with Crippen LogP contribution in [0.25, 0.3) is 0 Å². The van der Waals surface area contributed by atoms with E-state index in [1.807, 2.05) is 36.4 Å². The highest BCUT2D eigenvalue weighted by molar-refractivity contribution is 6.04. The summed E-state index contributed by atoms with van der Waals surface area (Å²) in [5.41, 5.74) is 1.82. The molecule has 4 rings (SSSR count). The van der Waals surface area contributed by atoms with Crippen LogP contribution in [0, 0.1) is 0 Å².